The molecule has 3 rings (SSSR count). The molecule has 0 N–H and O–H groups in total. The Balaban J connectivity index is 1.56. The van der Waals surface area contributed by atoms with Crippen LogP contribution in [0.15, 0.2) is 36.5 Å². The SMILES string of the molecule is CN(Cc1nc2ccccc2s1)C(=O)COC(=O)c1cnc(Cl)c(Cl)c1. The third kappa shape index (κ3) is 4.30. The Morgan fingerprint density at radius 1 is 1.27 bits per heavy atom. The normalized spacial score (nSPS) is 10.7. The van der Waals surface area contributed by atoms with E-state index in [-0.39, 0.29) is 28.3 Å². The highest BCUT2D eigenvalue weighted by molar-refractivity contribution is 7.18. The van der Waals surface area contributed by atoms with Crippen molar-refractivity contribution in [2.75, 3.05) is 13.7 Å². The minimum atomic E-state index is -0.696. The number of aromatic nitrogens is 2. The monoisotopic (exact) mass is 409 g/mol. The number of amides is 1. The number of carbonyl (C=O) groups is 2. The molecular weight excluding hydrogens is 397 g/mol. The fourth-order valence-electron chi connectivity index (χ4n) is 2.13. The van der Waals surface area contributed by atoms with Crippen molar-refractivity contribution in [3.63, 3.8) is 0 Å². The standard InChI is InChI=1S/C17H13Cl2N3O3S/c1-22(8-14-21-12-4-2-3-5-13(12)26-14)15(23)9-25-17(24)10-6-11(18)16(19)20-7-10/h2-7H,8-9H2,1H3. The molecule has 0 aliphatic carbocycles. The molecule has 9 heteroatoms. The smallest absolute Gasteiger partial charge is 0.340 e. The van der Waals surface area contributed by atoms with Gasteiger partial charge in [0.15, 0.2) is 6.61 Å². The molecule has 0 aliphatic heterocycles. The maximum atomic E-state index is 12.2. The van der Waals surface area contributed by atoms with Gasteiger partial charge in [-0.25, -0.2) is 14.8 Å². The van der Waals surface area contributed by atoms with Crippen LogP contribution < -0.4 is 0 Å². The first kappa shape index (κ1) is 18.6. The van der Waals surface area contributed by atoms with E-state index in [9.17, 15) is 9.59 Å². The van der Waals surface area contributed by atoms with Crippen molar-refractivity contribution in [2.45, 2.75) is 6.54 Å². The molecule has 134 valence electrons. The van der Waals surface area contributed by atoms with Gasteiger partial charge in [0.2, 0.25) is 0 Å². The van der Waals surface area contributed by atoms with Crippen molar-refractivity contribution in [3.05, 3.63) is 57.3 Å². The summed E-state index contributed by atoms with van der Waals surface area (Å²) in [5.74, 6) is -1.04. The lowest BCUT2D eigenvalue weighted by molar-refractivity contribution is -0.133. The molecule has 6 nitrogen and oxygen atoms in total. The van der Waals surface area contributed by atoms with E-state index in [1.54, 1.807) is 7.05 Å². The van der Waals surface area contributed by atoms with Crippen molar-refractivity contribution in [1.82, 2.24) is 14.9 Å². The summed E-state index contributed by atoms with van der Waals surface area (Å²) in [6.45, 7) is -0.0511. The van der Waals surface area contributed by atoms with Gasteiger partial charge in [-0.3, -0.25) is 4.79 Å². The molecule has 1 aromatic carbocycles. The van der Waals surface area contributed by atoms with E-state index in [4.69, 9.17) is 27.9 Å². The van der Waals surface area contributed by atoms with E-state index in [0.717, 1.165) is 15.2 Å². The molecule has 2 heterocycles. The number of rotatable bonds is 5. The quantitative estimate of drug-likeness (QED) is 0.473. The van der Waals surface area contributed by atoms with E-state index in [0.29, 0.717) is 6.54 Å². The van der Waals surface area contributed by atoms with Gasteiger partial charge in [0.1, 0.15) is 10.2 Å². The Kier molecular flexibility index (Phi) is 5.70. The first-order chi connectivity index (χ1) is 12.4. The van der Waals surface area contributed by atoms with Crippen molar-refractivity contribution in [2.24, 2.45) is 0 Å². The highest BCUT2D eigenvalue weighted by Gasteiger charge is 2.16. The molecule has 0 radical (unpaired) electrons. The van der Waals surface area contributed by atoms with Crippen LogP contribution in [0.5, 0.6) is 0 Å². The Morgan fingerprint density at radius 2 is 2.04 bits per heavy atom. The molecule has 0 spiro atoms. The summed E-state index contributed by atoms with van der Waals surface area (Å²) in [5.41, 5.74) is 1.02. The van der Waals surface area contributed by atoms with Crippen LogP contribution in [0.25, 0.3) is 10.2 Å². The minimum absolute atomic E-state index is 0.0925. The zero-order valence-corrected chi connectivity index (χ0v) is 15.9. The molecule has 26 heavy (non-hydrogen) atoms. The second-order valence-corrected chi connectivity index (χ2v) is 7.28. The summed E-state index contributed by atoms with van der Waals surface area (Å²) < 4.78 is 6.07. The zero-order chi connectivity index (χ0) is 18.7. The van der Waals surface area contributed by atoms with E-state index < -0.39 is 5.97 Å². The van der Waals surface area contributed by atoms with Gasteiger partial charge in [-0.05, 0) is 18.2 Å². The maximum Gasteiger partial charge on any atom is 0.340 e. The third-order valence-electron chi connectivity index (χ3n) is 3.50. The van der Waals surface area contributed by atoms with E-state index >= 15 is 0 Å². The van der Waals surface area contributed by atoms with Crippen molar-refractivity contribution in [3.8, 4) is 0 Å². The predicted octanol–water partition coefficient (Wildman–Crippen LogP) is 3.81. The number of thiazole rings is 1. The summed E-state index contributed by atoms with van der Waals surface area (Å²) in [7, 11) is 1.63. The van der Waals surface area contributed by atoms with E-state index in [1.165, 1.54) is 28.5 Å². The number of fused-ring (bicyclic) bond motifs is 1. The number of ether oxygens (including phenoxy) is 1. The van der Waals surface area contributed by atoms with Crippen LogP contribution in [0.4, 0.5) is 0 Å². The lowest BCUT2D eigenvalue weighted by atomic mass is 10.3. The number of para-hydroxylation sites is 1. The zero-order valence-electron chi connectivity index (χ0n) is 13.6. The number of nitrogens with zero attached hydrogens (tertiary/aromatic N) is 3. The summed E-state index contributed by atoms with van der Waals surface area (Å²) in [4.78, 5) is 33.9. The lowest BCUT2D eigenvalue weighted by Gasteiger charge is -2.15. The number of esters is 1. The lowest BCUT2D eigenvalue weighted by Crippen LogP contribution is -2.30. The fraction of sp³-hybridized carbons (Fsp3) is 0.176. The molecule has 1 amide bonds. The average molecular weight is 410 g/mol. The van der Waals surface area contributed by atoms with Gasteiger partial charge >= 0.3 is 5.97 Å². The van der Waals surface area contributed by atoms with Gasteiger partial charge in [0, 0.05) is 13.2 Å². The van der Waals surface area contributed by atoms with Crippen LogP contribution in [-0.2, 0) is 16.1 Å². The molecule has 0 bridgehead atoms. The minimum Gasteiger partial charge on any atom is -0.452 e. The Bertz CT molecular complexity index is 944. The van der Waals surface area contributed by atoms with Crippen molar-refractivity contribution in [1.29, 1.82) is 0 Å². The van der Waals surface area contributed by atoms with Crippen LogP contribution >= 0.6 is 34.5 Å². The Hall–Kier alpha value is -2.22. The summed E-state index contributed by atoms with van der Waals surface area (Å²) in [6, 6.07) is 9.10. The number of hydrogen-bond acceptors (Lipinski definition) is 6. The summed E-state index contributed by atoms with van der Waals surface area (Å²) in [6.07, 6.45) is 1.24. The maximum absolute atomic E-state index is 12.2. The highest BCUT2D eigenvalue weighted by atomic mass is 35.5. The largest absolute Gasteiger partial charge is 0.452 e. The molecular formula is C17H13Cl2N3O3S. The Morgan fingerprint density at radius 3 is 2.77 bits per heavy atom. The number of pyridine rings is 1. The topological polar surface area (TPSA) is 72.4 Å². The highest BCUT2D eigenvalue weighted by Crippen LogP contribution is 2.22. The van der Waals surface area contributed by atoms with Crippen molar-refractivity contribution >= 4 is 56.6 Å². The number of hydrogen-bond donors (Lipinski definition) is 0. The first-order valence-corrected chi connectivity index (χ1v) is 9.08. The van der Waals surface area contributed by atoms with Gasteiger partial charge in [-0.1, -0.05) is 35.3 Å². The summed E-state index contributed by atoms with van der Waals surface area (Å²) in [5, 5.41) is 1.04. The molecule has 0 fully saturated rings. The van der Waals surface area contributed by atoms with Gasteiger partial charge < -0.3 is 9.64 Å². The molecule has 0 unspecified atom stereocenters. The molecule has 0 saturated carbocycles. The second kappa shape index (κ2) is 7.99. The van der Waals surface area contributed by atoms with Gasteiger partial charge in [-0.2, -0.15) is 0 Å². The number of halogens is 2. The molecule has 3 aromatic rings. The van der Waals surface area contributed by atoms with Crippen molar-refractivity contribution < 1.29 is 14.3 Å². The van der Waals surface area contributed by atoms with E-state index in [2.05, 4.69) is 9.97 Å². The number of carbonyl (C=O) groups excluding carboxylic acids is 2. The van der Waals surface area contributed by atoms with Gasteiger partial charge in [0.25, 0.3) is 5.91 Å². The van der Waals surface area contributed by atoms with Crippen LogP contribution in [-0.4, -0.2) is 40.4 Å². The van der Waals surface area contributed by atoms with E-state index in [1.807, 2.05) is 24.3 Å². The third-order valence-corrected chi connectivity index (χ3v) is 5.20. The van der Waals surface area contributed by atoms with Gasteiger partial charge in [0.05, 0.1) is 27.3 Å². The average Bonchev–Trinajstić information content (AvgIpc) is 3.03. The van der Waals surface area contributed by atoms with Gasteiger partial charge in [-0.15, -0.1) is 11.3 Å². The number of benzene rings is 1. The Labute approximate surface area is 163 Å². The number of likely N-dealkylation sites (N-methyl/N-ethyl adjacent to an activating group) is 1. The molecule has 0 aliphatic rings. The molecule has 0 atom stereocenters. The van der Waals surface area contributed by atoms with Crippen LogP contribution in [0, 0.1) is 0 Å². The van der Waals surface area contributed by atoms with Crippen LogP contribution in [0.2, 0.25) is 10.2 Å². The predicted molar refractivity (Wildman–Crippen MR) is 101 cm³/mol. The molecule has 0 saturated heterocycles. The first-order valence-electron chi connectivity index (χ1n) is 7.50. The second-order valence-electron chi connectivity index (χ2n) is 5.40. The molecule has 2 aromatic heterocycles. The fourth-order valence-corrected chi connectivity index (χ4v) is 3.42. The summed E-state index contributed by atoms with van der Waals surface area (Å²) >= 11 is 13.0. The van der Waals surface area contributed by atoms with Crippen LogP contribution in [0.3, 0.4) is 0 Å². The van der Waals surface area contributed by atoms with Crippen LogP contribution in [0.1, 0.15) is 15.4 Å².